The zero-order valence-corrected chi connectivity index (χ0v) is 12.4. The van der Waals surface area contributed by atoms with Gasteiger partial charge in [0.2, 0.25) is 0 Å². The summed E-state index contributed by atoms with van der Waals surface area (Å²) in [6.07, 6.45) is -0.529. The van der Waals surface area contributed by atoms with Gasteiger partial charge in [0.15, 0.2) is 6.10 Å². The number of carbonyl (C=O) groups excluding carboxylic acids is 1. The molecule has 1 rings (SSSR count). The van der Waals surface area contributed by atoms with Crippen molar-refractivity contribution in [3.05, 3.63) is 42.0 Å². The van der Waals surface area contributed by atoms with Gasteiger partial charge in [-0.2, -0.15) is 0 Å². The normalized spacial score (nSPS) is 11.8. The minimum absolute atomic E-state index is 0.149. The van der Waals surface area contributed by atoms with Gasteiger partial charge in [-0.1, -0.05) is 29.8 Å². The molecular weight excluding hydrogens is 254 g/mol. The van der Waals surface area contributed by atoms with E-state index in [0.29, 0.717) is 25.5 Å². The Morgan fingerprint density at radius 2 is 2.00 bits per heavy atom. The first-order valence-electron chi connectivity index (χ1n) is 6.72. The highest BCUT2D eigenvalue weighted by molar-refractivity contribution is 5.80. The summed E-state index contributed by atoms with van der Waals surface area (Å²) in [5.41, 5.74) is 2.12. The first-order chi connectivity index (χ1) is 9.49. The minimum atomic E-state index is -0.529. The number of nitrogens with one attached hydrogen (secondary N) is 1. The van der Waals surface area contributed by atoms with Crippen molar-refractivity contribution in [1.29, 1.82) is 0 Å². The highest BCUT2D eigenvalue weighted by Gasteiger charge is 2.13. The summed E-state index contributed by atoms with van der Waals surface area (Å²) in [7, 11) is 0. The Bertz CT molecular complexity index is 440. The second-order valence-electron chi connectivity index (χ2n) is 4.87. The van der Waals surface area contributed by atoms with Gasteiger partial charge < -0.3 is 14.8 Å². The molecule has 0 aliphatic rings. The van der Waals surface area contributed by atoms with Gasteiger partial charge in [0, 0.05) is 6.54 Å². The van der Waals surface area contributed by atoms with Crippen LogP contribution in [0.25, 0.3) is 0 Å². The Morgan fingerprint density at radius 1 is 1.35 bits per heavy atom. The molecule has 4 heteroatoms. The van der Waals surface area contributed by atoms with Crippen LogP contribution in [0, 0.1) is 6.92 Å². The molecule has 1 N–H and O–H groups in total. The SMILES string of the molecule is C=C(C)COCCNC(=O)C(C)Oc1ccc(C)cc1. The van der Waals surface area contributed by atoms with Gasteiger partial charge >= 0.3 is 0 Å². The maximum Gasteiger partial charge on any atom is 0.260 e. The molecule has 0 saturated heterocycles. The highest BCUT2D eigenvalue weighted by atomic mass is 16.5. The van der Waals surface area contributed by atoms with Crippen LogP contribution in [-0.4, -0.2) is 31.8 Å². The van der Waals surface area contributed by atoms with Crippen LogP contribution >= 0.6 is 0 Å². The number of ether oxygens (including phenoxy) is 2. The summed E-state index contributed by atoms with van der Waals surface area (Å²) in [6, 6.07) is 7.61. The molecule has 0 aromatic heterocycles. The third kappa shape index (κ3) is 6.38. The predicted octanol–water partition coefficient (Wildman–Crippen LogP) is 2.47. The fourth-order valence-electron chi connectivity index (χ4n) is 1.51. The molecule has 0 aliphatic carbocycles. The average Bonchev–Trinajstić information content (AvgIpc) is 2.40. The largest absolute Gasteiger partial charge is 0.481 e. The zero-order chi connectivity index (χ0) is 15.0. The summed E-state index contributed by atoms with van der Waals surface area (Å²) >= 11 is 0. The standard InChI is InChI=1S/C16H23NO3/c1-12(2)11-19-10-9-17-16(18)14(4)20-15-7-5-13(3)6-8-15/h5-8,14H,1,9-11H2,2-4H3,(H,17,18). The molecule has 1 aromatic carbocycles. The molecule has 1 amide bonds. The lowest BCUT2D eigenvalue weighted by atomic mass is 10.2. The number of carbonyl (C=O) groups is 1. The van der Waals surface area contributed by atoms with Crippen LogP contribution in [0.1, 0.15) is 19.4 Å². The van der Waals surface area contributed by atoms with Gasteiger partial charge in [0.1, 0.15) is 5.75 Å². The molecule has 0 heterocycles. The van der Waals surface area contributed by atoms with E-state index in [1.807, 2.05) is 38.1 Å². The number of benzene rings is 1. The van der Waals surface area contributed by atoms with Crippen molar-refractivity contribution in [2.75, 3.05) is 19.8 Å². The topological polar surface area (TPSA) is 47.6 Å². The van der Waals surface area contributed by atoms with Crippen LogP contribution in [0.4, 0.5) is 0 Å². The molecule has 1 aromatic rings. The van der Waals surface area contributed by atoms with Crippen molar-refractivity contribution in [2.24, 2.45) is 0 Å². The molecule has 110 valence electrons. The first kappa shape index (κ1) is 16.2. The lowest BCUT2D eigenvalue weighted by Gasteiger charge is -2.15. The van der Waals surface area contributed by atoms with E-state index < -0.39 is 6.10 Å². The molecule has 0 saturated carbocycles. The summed E-state index contributed by atoms with van der Waals surface area (Å²) in [4.78, 5) is 11.8. The van der Waals surface area contributed by atoms with E-state index in [-0.39, 0.29) is 5.91 Å². The van der Waals surface area contributed by atoms with Crippen LogP contribution < -0.4 is 10.1 Å². The zero-order valence-electron chi connectivity index (χ0n) is 12.4. The summed E-state index contributed by atoms with van der Waals surface area (Å²) in [5, 5.41) is 2.77. The van der Waals surface area contributed by atoms with Crippen LogP contribution in [0.15, 0.2) is 36.4 Å². The van der Waals surface area contributed by atoms with Gasteiger partial charge in [-0.25, -0.2) is 0 Å². The fourth-order valence-corrected chi connectivity index (χ4v) is 1.51. The van der Waals surface area contributed by atoms with E-state index in [1.165, 1.54) is 0 Å². The lowest BCUT2D eigenvalue weighted by molar-refractivity contribution is -0.127. The van der Waals surface area contributed by atoms with Crippen molar-refractivity contribution < 1.29 is 14.3 Å². The van der Waals surface area contributed by atoms with E-state index in [1.54, 1.807) is 6.92 Å². The number of hydrogen-bond donors (Lipinski definition) is 1. The fraction of sp³-hybridized carbons (Fsp3) is 0.438. The molecule has 1 atom stereocenters. The Balaban J connectivity index is 2.25. The second kappa shape index (κ2) is 8.38. The molecule has 20 heavy (non-hydrogen) atoms. The van der Waals surface area contributed by atoms with Crippen LogP contribution in [0.5, 0.6) is 5.75 Å². The molecule has 0 radical (unpaired) electrons. The van der Waals surface area contributed by atoms with Crippen molar-refractivity contribution in [1.82, 2.24) is 5.32 Å². The van der Waals surface area contributed by atoms with E-state index in [0.717, 1.165) is 11.1 Å². The number of aryl methyl sites for hydroxylation is 1. The quantitative estimate of drug-likeness (QED) is 0.586. The molecule has 0 fully saturated rings. The molecule has 4 nitrogen and oxygen atoms in total. The van der Waals surface area contributed by atoms with E-state index in [2.05, 4.69) is 11.9 Å². The predicted molar refractivity (Wildman–Crippen MR) is 79.9 cm³/mol. The van der Waals surface area contributed by atoms with Crippen LogP contribution in [0.2, 0.25) is 0 Å². The van der Waals surface area contributed by atoms with Gasteiger partial charge in [0.05, 0.1) is 13.2 Å². The van der Waals surface area contributed by atoms with E-state index in [9.17, 15) is 4.79 Å². The van der Waals surface area contributed by atoms with Gasteiger partial charge in [-0.05, 0) is 32.9 Å². The molecule has 0 bridgehead atoms. The summed E-state index contributed by atoms with van der Waals surface area (Å²) in [6.45, 7) is 10.8. The molecule has 1 unspecified atom stereocenters. The van der Waals surface area contributed by atoms with Crippen molar-refractivity contribution in [3.63, 3.8) is 0 Å². The van der Waals surface area contributed by atoms with Crippen LogP contribution in [-0.2, 0) is 9.53 Å². The lowest BCUT2D eigenvalue weighted by Crippen LogP contribution is -2.38. The van der Waals surface area contributed by atoms with Crippen molar-refractivity contribution in [3.8, 4) is 5.75 Å². The Morgan fingerprint density at radius 3 is 2.60 bits per heavy atom. The highest BCUT2D eigenvalue weighted by Crippen LogP contribution is 2.13. The van der Waals surface area contributed by atoms with Gasteiger partial charge in [-0.15, -0.1) is 0 Å². The summed E-state index contributed by atoms with van der Waals surface area (Å²) < 4.78 is 10.9. The Labute approximate surface area is 120 Å². The molecular formula is C16H23NO3. The number of rotatable bonds is 8. The third-order valence-electron chi connectivity index (χ3n) is 2.60. The average molecular weight is 277 g/mol. The van der Waals surface area contributed by atoms with Crippen molar-refractivity contribution in [2.45, 2.75) is 26.9 Å². The van der Waals surface area contributed by atoms with Gasteiger partial charge in [-0.3, -0.25) is 4.79 Å². The second-order valence-corrected chi connectivity index (χ2v) is 4.87. The first-order valence-corrected chi connectivity index (χ1v) is 6.72. The minimum Gasteiger partial charge on any atom is -0.481 e. The van der Waals surface area contributed by atoms with Crippen LogP contribution in [0.3, 0.4) is 0 Å². The Hall–Kier alpha value is -1.81. The van der Waals surface area contributed by atoms with E-state index >= 15 is 0 Å². The monoisotopic (exact) mass is 277 g/mol. The maximum absolute atomic E-state index is 11.8. The van der Waals surface area contributed by atoms with E-state index in [4.69, 9.17) is 9.47 Å². The summed E-state index contributed by atoms with van der Waals surface area (Å²) in [5.74, 6) is 0.543. The van der Waals surface area contributed by atoms with Crippen molar-refractivity contribution >= 4 is 5.91 Å². The third-order valence-corrected chi connectivity index (χ3v) is 2.60. The smallest absolute Gasteiger partial charge is 0.260 e. The number of hydrogen-bond acceptors (Lipinski definition) is 3. The molecule has 0 aliphatic heterocycles. The Kier molecular flexibility index (Phi) is 6.81. The molecule has 0 spiro atoms. The number of amides is 1. The van der Waals surface area contributed by atoms with Gasteiger partial charge in [0.25, 0.3) is 5.91 Å². The maximum atomic E-state index is 11.8.